The lowest BCUT2D eigenvalue weighted by atomic mass is 9.87. The van der Waals surface area contributed by atoms with E-state index in [0.29, 0.717) is 24.8 Å². The van der Waals surface area contributed by atoms with Crippen molar-refractivity contribution >= 4 is 5.91 Å². The van der Waals surface area contributed by atoms with Gasteiger partial charge in [0.15, 0.2) is 11.5 Å². The molecule has 1 amide bonds. The number of hydrogen-bond donors (Lipinski definition) is 1. The Morgan fingerprint density at radius 2 is 1.92 bits per heavy atom. The Balaban J connectivity index is 1.87. The zero-order valence-electron chi connectivity index (χ0n) is 16.0. The van der Waals surface area contributed by atoms with Crippen molar-refractivity contribution in [1.29, 1.82) is 0 Å². The standard InChI is InChI=1S/C20H32N2O3/c1-15-5-8-17(9-6-15)21-20(23)14-16-7-10-18(19(13-16)24-4)25-12-11-22(2)3/h7,10,13,15,17H,5-6,8-9,11-12,14H2,1-4H3,(H,21,23)/t15-,17-. The first-order chi connectivity index (χ1) is 12.0. The third-order valence-electron chi connectivity index (χ3n) is 4.77. The second kappa shape index (κ2) is 9.66. The Labute approximate surface area is 151 Å². The van der Waals surface area contributed by atoms with Gasteiger partial charge in [0.2, 0.25) is 5.91 Å². The molecule has 0 aliphatic heterocycles. The van der Waals surface area contributed by atoms with Crippen molar-refractivity contribution < 1.29 is 14.3 Å². The molecule has 0 saturated heterocycles. The Kier molecular flexibility index (Phi) is 7.56. The summed E-state index contributed by atoms with van der Waals surface area (Å²) in [6.07, 6.45) is 4.97. The lowest BCUT2D eigenvalue weighted by Gasteiger charge is -2.27. The number of ether oxygens (including phenoxy) is 2. The molecular weight excluding hydrogens is 316 g/mol. The Morgan fingerprint density at radius 1 is 1.20 bits per heavy atom. The average Bonchev–Trinajstić information content (AvgIpc) is 2.57. The Hall–Kier alpha value is -1.75. The van der Waals surface area contributed by atoms with Crippen LogP contribution in [0.5, 0.6) is 11.5 Å². The molecule has 0 radical (unpaired) electrons. The van der Waals surface area contributed by atoms with Crippen molar-refractivity contribution in [2.24, 2.45) is 5.92 Å². The van der Waals surface area contributed by atoms with E-state index in [1.54, 1.807) is 7.11 Å². The maximum atomic E-state index is 12.3. The molecule has 25 heavy (non-hydrogen) atoms. The minimum atomic E-state index is 0.0860. The molecule has 0 heterocycles. The predicted molar refractivity (Wildman–Crippen MR) is 100 cm³/mol. The van der Waals surface area contributed by atoms with Gasteiger partial charge in [-0.15, -0.1) is 0 Å². The molecule has 140 valence electrons. The quantitative estimate of drug-likeness (QED) is 0.785. The van der Waals surface area contributed by atoms with E-state index in [1.165, 1.54) is 12.8 Å². The predicted octanol–water partition coefficient (Wildman–Crippen LogP) is 2.87. The molecule has 1 aliphatic carbocycles. The van der Waals surface area contributed by atoms with Crippen molar-refractivity contribution in [2.75, 3.05) is 34.4 Å². The first-order valence-corrected chi connectivity index (χ1v) is 9.21. The van der Waals surface area contributed by atoms with Gasteiger partial charge in [-0.05, 0) is 63.4 Å². The summed E-state index contributed by atoms with van der Waals surface area (Å²) in [6, 6.07) is 6.06. The molecule has 1 aromatic carbocycles. The fraction of sp³-hybridized carbons (Fsp3) is 0.650. The summed E-state index contributed by atoms with van der Waals surface area (Å²) in [5.41, 5.74) is 0.943. The van der Waals surface area contributed by atoms with Crippen LogP contribution < -0.4 is 14.8 Å². The summed E-state index contributed by atoms with van der Waals surface area (Å²) >= 11 is 0. The van der Waals surface area contributed by atoms with E-state index in [1.807, 2.05) is 32.3 Å². The number of benzene rings is 1. The van der Waals surface area contributed by atoms with Gasteiger partial charge in [-0.3, -0.25) is 4.79 Å². The third kappa shape index (κ3) is 6.58. The molecule has 1 fully saturated rings. The second-order valence-corrected chi connectivity index (χ2v) is 7.34. The van der Waals surface area contributed by atoms with Crippen LogP contribution in [0.15, 0.2) is 18.2 Å². The minimum Gasteiger partial charge on any atom is -0.493 e. The van der Waals surface area contributed by atoms with Gasteiger partial charge in [-0.1, -0.05) is 13.0 Å². The van der Waals surface area contributed by atoms with Gasteiger partial charge >= 0.3 is 0 Å². The summed E-state index contributed by atoms with van der Waals surface area (Å²) in [7, 11) is 5.64. The molecule has 1 N–H and O–H groups in total. The molecule has 0 aromatic heterocycles. The van der Waals surface area contributed by atoms with Crippen LogP contribution in [-0.4, -0.2) is 51.2 Å². The summed E-state index contributed by atoms with van der Waals surface area (Å²) < 4.78 is 11.2. The summed E-state index contributed by atoms with van der Waals surface area (Å²) in [5, 5.41) is 3.17. The Morgan fingerprint density at radius 3 is 2.56 bits per heavy atom. The van der Waals surface area contributed by atoms with E-state index in [-0.39, 0.29) is 5.91 Å². The number of amides is 1. The number of hydrogen-bond acceptors (Lipinski definition) is 4. The molecule has 5 heteroatoms. The monoisotopic (exact) mass is 348 g/mol. The zero-order chi connectivity index (χ0) is 18.2. The summed E-state index contributed by atoms with van der Waals surface area (Å²) in [5.74, 6) is 2.27. The highest BCUT2D eigenvalue weighted by atomic mass is 16.5. The van der Waals surface area contributed by atoms with Gasteiger partial charge in [0.25, 0.3) is 0 Å². The van der Waals surface area contributed by atoms with Crippen LogP contribution in [0.1, 0.15) is 38.2 Å². The van der Waals surface area contributed by atoms with Gasteiger partial charge in [0.1, 0.15) is 6.61 Å². The van der Waals surface area contributed by atoms with Crippen LogP contribution in [-0.2, 0) is 11.2 Å². The molecule has 0 unspecified atom stereocenters. The van der Waals surface area contributed by atoms with Crippen molar-refractivity contribution in [3.05, 3.63) is 23.8 Å². The van der Waals surface area contributed by atoms with Gasteiger partial charge in [-0.25, -0.2) is 0 Å². The van der Waals surface area contributed by atoms with Crippen LogP contribution in [0, 0.1) is 5.92 Å². The molecule has 1 aromatic rings. The third-order valence-corrected chi connectivity index (χ3v) is 4.77. The molecular formula is C20H32N2O3. The largest absolute Gasteiger partial charge is 0.493 e. The molecule has 1 aliphatic rings. The number of carbonyl (C=O) groups is 1. The van der Waals surface area contributed by atoms with E-state index >= 15 is 0 Å². The van der Waals surface area contributed by atoms with Gasteiger partial charge in [0.05, 0.1) is 13.5 Å². The molecule has 0 atom stereocenters. The minimum absolute atomic E-state index is 0.0860. The van der Waals surface area contributed by atoms with Gasteiger partial charge in [0, 0.05) is 12.6 Å². The number of rotatable bonds is 8. The number of nitrogens with zero attached hydrogens (tertiary/aromatic N) is 1. The SMILES string of the molecule is COc1cc(CC(=O)N[C@H]2CC[C@H](C)CC2)ccc1OCCN(C)C. The lowest BCUT2D eigenvalue weighted by Crippen LogP contribution is -2.38. The van der Waals surface area contributed by atoms with Crippen LogP contribution in [0.3, 0.4) is 0 Å². The summed E-state index contributed by atoms with van der Waals surface area (Å²) in [4.78, 5) is 14.4. The Bertz CT molecular complexity index is 552. The molecule has 1 saturated carbocycles. The van der Waals surface area contributed by atoms with Crippen molar-refractivity contribution in [3.8, 4) is 11.5 Å². The molecule has 2 rings (SSSR count). The van der Waals surface area contributed by atoms with Crippen molar-refractivity contribution in [2.45, 2.75) is 45.1 Å². The van der Waals surface area contributed by atoms with Crippen LogP contribution in [0.25, 0.3) is 0 Å². The number of likely N-dealkylation sites (N-methyl/N-ethyl adjacent to an activating group) is 1. The van der Waals surface area contributed by atoms with Crippen LogP contribution in [0.2, 0.25) is 0 Å². The van der Waals surface area contributed by atoms with Crippen LogP contribution >= 0.6 is 0 Å². The lowest BCUT2D eigenvalue weighted by molar-refractivity contribution is -0.121. The summed E-state index contributed by atoms with van der Waals surface area (Å²) in [6.45, 7) is 3.73. The maximum absolute atomic E-state index is 12.3. The highest BCUT2D eigenvalue weighted by molar-refractivity contribution is 5.79. The van der Waals surface area contributed by atoms with E-state index in [0.717, 1.165) is 36.6 Å². The topological polar surface area (TPSA) is 50.8 Å². The second-order valence-electron chi connectivity index (χ2n) is 7.34. The average molecular weight is 348 g/mol. The van der Waals surface area contributed by atoms with Gasteiger partial charge < -0.3 is 19.7 Å². The molecule has 0 bridgehead atoms. The van der Waals surface area contributed by atoms with E-state index in [9.17, 15) is 4.79 Å². The van der Waals surface area contributed by atoms with E-state index in [2.05, 4.69) is 17.1 Å². The van der Waals surface area contributed by atoms with E-state index in [4.69, 9.17) is 9.47 Å². The number of methoxy groups -OCH3 is 1. The fourth-order valence-corrected chi connectivity index (χ4v) is 3.15. The van der Waals surface area contributed by atoms with Crippen molar-refractivity contribution in [3.63, 3.8) is 0 Å². The first kappa shape index (κ1) is 19.6. The zero-order valence-corrected chi connectivity index (χ0v) is 16.0. The smallest absolute Gasteiger partial charge is 0.224 e. The maximum Gasteiger partial charge on any atom is 0.224 e. The highest BCUT2D eigenvalue weighted by Gasteiger charge is 2.20. The highest BCUT2D eigenvalue weighted by Crippen LogP contribution is 2.28. The molecule has 0 spiro atoms. The normalized spacial score (nSPS) is 20.4. The fourth-order valence-electron chi connectivity index (χ4n) is 3.15. The first-order valence-electron chi connectivity index (χ1n) is 9.21. The number of carbonyl (C=O) groups excluding carboxylic acids is 1. The van der Waals surface area contributed by atoms with Crippen LogP contribution in [0.4, 0.5) is 0 Å². The van der Waals surface area contributed by atoms with Gasteiger partial charge in [-0.2, -0.15) is 0 Å². The van der Waals surface area contributed by atoms with Crippen molar-refractivity contribution in [1.82, 2.24) is 10.2 Å². The van der Waals surface area contributed by atoms with E-state index < -0.39 is 0 Å². The molecule has 5 nitrogen and oxygen atoms in total. The number of nitrogens with one attached hydrogen (secondary N) is 1.